The number of amides is 1. The molecule has 1 aromatic carbocycles. The monoisotopic (exact) mass is 340 g/mol. The number of carbonyl (C=O) groups excluding carboxylic acids is 1. The smallest absolute Gasteiger partial charge is 0.226 e. The van der Waals surface area contributed by atoms with Gasteiger partial charge in [0, 0.05) is 25.6 Å². The zero-order valence-electron chi connectivity index (χ0n) is 14.2. The standard InChI is InChI=1S/C18H28N2O2.ClH/c1-15(14-19-2)18(21)20-11-8-17(9-12-20)22-13-10-16-6-4-3-5-7-16;/h3-7,15,17,19H,8-14H2,1-2H3;1H. The topological polar surface area (TPSA) is 41.6 Å². The van der Waals surface area contributed by atoms with E-state index < -0.39 is 0 Å². The molecule has 1 aliphatic heterocycles. The van der Waals surface area contributed by atoms with E-state index in [1.54, 1.807) is 0 Å². The van der Waals surface area contributed by atoms with Gasteiger partial charge in [0.05, 0.1) is 12.7 Å². The zero-order chi connectivity index (χ0) is 15.8. The van der Waals surface area contributed by atoms with Gasteiger partial charge in [0.15, 0.2) is 0 Å². The quantitative estimate of drug-likeness (QED) is 0.829. The first-order valence-corrected chi connectivity index (χ1v) is 8.29. The molecule has 2 rings (SSSR count). The third-order valence-electron chi connectivity index (χ3n) is 4.27. The van der Waals surface area contributed by atoms with Crippen molar-refractivity contribution in [2.24, 2.45) is 5.92 Å². The molecular weight excluding hydrogens is 312 g/mol. The molecule has 0 saturated carbocycles. The summed E-state index contributed by atoms with van der Waals surface area (Å²) in [6.45, 7) is 5.14. The van der Waals surface area contributed by atoms with E-state index in [9.17, 15) is 4.79 Å². The molecule has 0 aliphatic carbocycles. The molecule has 1 aromatic rings. The van der Waals surface area contributed by atoms with Gasteiger partial charge in [-0.2, -0.15) is 0 Å². The number of ether oxygens (including phenoxy) is 1. The Morgan fingerprint density at radius 3 is 2.57 bits per heavy atom. The van der Waals surface area contributed by atoms with Crippen LogP contribution in [-0.2, 0) is 16.0 Å². The van der Waals surface area contributed by atoms with Gasteiger partial charge < -0.3 is 15.0 Å². The van der Waals surface area contributed by atoms with Gasteiger partial charge in [0.1, 0.15) is 0 Å². The number of halogens is 1. The Bertz CT molecular complexity index is 448. The molecule has 1 unspecified atom stereocenters. The third kappa shape index (κ3) is 6.50. The molecule has 1 heterocycles. The van der Waals surface area contributed by atoms with Crippen LogP contribution in [0.5, 0.6) is 0 Å². The largest absolute Gasteiger partial charge is 0.378 e. The molecule has 130 valence electrons. The van der Waals surface area contributed by atoms with E-state index in [1.807, 2.05) is 24.9 Å². The lowest BCUT2D eigenvalue weighted by molar-refractivity contribution is -0.137. The molecule has 1 saturated heterocycles. The predicted octanol–water partition coefficient (Wildman–Crippen LogP) is 2.51. The van der Waals surface area contributed by atoms with Gasteiger partial charge >= 0.3 is 0 Å². The highest BCUT2D eigenvalue weighted by molar-refractivity contribution is 5.85. The molecule has 1 amide bonds. The van der Waals surface area contributed by atoms with Gasteiger partial charge in [-0.3, -0.25) is 4.79 Å². The lowest BCUT2D eigenvalue weighted by atomic mass is 10.0. The number of piperidine rings is 1. The Hall–Kier alpha value is -1.10. The second kappa shape index (κ2) is 10.6. The number of nitrogens with one attached hydrogen (secondary N) is 1. The first-order valence-electron chi connectivity index (χ1n) is 8.29. The van der Waals surface area contributed by atoms with Crippen LogP contribution in [0.2, 0.25) is 0 Å². The highest BCUT2D eigenvalue weighted by Gasteiger charge is 2.25. The molecule has 1 aliphatic rings. The maximum absolute atomic E-state index is 12.2. The molecular formula is C18H29ClN2O2. The van der Waals surface area contributed by atoms with Gasteiger partial charge in [-0.1, -0.05) is 37.3 Å². The van der Waals surface area contributed by atoms with Crippen LogP contribution in [0.15, 0.2) is 30.3 Å². The average Bonchev–Trinajstić information content (AvgIpc) is 2.56. The van der Waals surface area contributed by atoms with E-state index in [4.69, 9.17) is 4.74 Å². The Morgan fingerprint density at radius 2 is 1.96 bits per heavy atom. The van der Waals surface area contributed by atoms with Crippen molar-refractivity contribution >= 4 is 18.3 Å². The molecule has 0 bridgehead atoms. The van der Waals surface area contributed by atoms with Crippen molar-refractivity contribution in [3.8, 4) is 0 Å². The summed E-state index contributed by atoms with van der Waals surface area (Å²) in [6, 6.07) is 10.4. The van der Waals surface area contributed by atoms with Crippen LogP contribution in [-0.4, -0.2) is 50.2 Å². The van der Waals surface area contributed by atoms with Gasteiger partial charge in [0.25, 0.3) is 0 Å². The molecule has 0 radical (unpaired) electrons. The van der Waals surface area contributed by atoms with Crippen LogP contribution in [0.25, 0.3) is 0 Å². The number of rotatable bonds is 7. The Balaban J connectivity index is 0.00000264. The summed E-state index contributed by atoms with van der Waals surface area (Å²) in [7, 11) is 1.89. The van der Waals surface area contributed by atoms with Gasteiger partial charge in [-0.15, -0.1) is 12.4 Å². The number of hydrogen-bond acceptors (Lipinski definition) is 3. The number of nitrogens with zero attached hydrogens (tertiary/aromatic N) is 1. The summed E-state index contributed by atoms with van der Waals surface area (Å²) in [5, 5.41) is 3.07. The van der Waals surface area contributed by atoms with Gasteiger partial charge in [-0.05, 0) is 31.9 Å². The minimum absolute atomic E-state index is 0. The van der Waals surface area contributed by atoms with Crippen LogP contribution in [0.1, 0.15) is 25.3 Å². The highest BCUT2D eigenvalue weighted by Crippen LogP contribution is 2.16. The maximum atomic E-state index is 12.2. The molecule has 1 fully saturated rings. The van der Waals surface area contributed by atoms with Crippen molar-refractivity contribution in [2.75, 3.05) is 33.3 Å². The van der Waals surface area contributed by atoms with Crippen molar-refractivity contribution in [1.82, 2.24) is 10.2 Å². The number of carbonyl (C=O) groups is 1. The Kier molecular flexibility index (Phi) is 9.22. The van der Waals surface area contributed by atoms with Crippen LogP contribution >= 0.6 is 12.4 Å². The van der Waals surface area contributed by atoms with Crippen LogP contribution in [0, 0.1) is 5.92 Å². The minimum Gasteiger partial charge on any atom is -0.378 e. The van der Waals surface area contributed by atoms with Crippen molar-refractivity contribution in [1.29, 1.82) is 0 Å². The summed E-state index contributed by atoms with van der Waals surface area (Å²) < 4.78 is 5.97. The number of hydrogen-bond donors (Lipinski definition) is 1. The second-order valence-electron chi connectivity index (χ2n) is 6.09. The van der Waals surface area contributed by atoms with Crippen molar-refractivity contribution in [2.45, 2.75) is 32.3 Å². The SMILES string of the molecule is CNCC(C)C(=O)N1CCC(OCCc2ccccc2)CC1.Cl. The summed E-state index contributed by atoms with van der Waals surface area (Å²) in [5.74, 6) is 0.317. The number of benzene rings is 1. The van der Waals surface area contributed by atoms with E-state index in [2.05, 4.69) is 29.6 Å². The zero-order valence-corrected chi connectivity index (χ0v) is 15.0. The third-order valence-corrected chi connectivity index (χ3v) is 4.27. The maximum Gasteiger partial charge on any atom is 0.226 e. The van der Waals surface area contributed by atoms with Crippen LogP contribution in [0.4, 0.5) is 0 Å². The van der Waals surface area contributed by atoms with E-state index in [0.717, 1.165) is 45.5 Å². The van der Waals surface area contributed by atoms with Crippen molar-refractivity contribution < 1.29 is 9.53 Å². The van der Waals surface area contributed by atoms with Crippen LogP contribution < -0.4 is 5.32 Å². The molecule has 0 spiro atoms. The minimum atomic E-state index is 0. The number of likely N-dealkylation sites (tertiary alicyclic amines) is 1. The predicted molar refractivity (Wildman–Crippen MR) is 96.0 cm³/mol. The lowest BCUT2D eigenvalue weighted by Crippen LogP contribution is -2.44. The molecule has 0 aromatic heterocycles. The Morgan fingerprint density at radius 1 is 1.30 bits per heavy atom. The van der Waals surface area contributed by atoms with E-state index in [-0.39, 0.29) is 24.2 Å². The fourth-order valence-corrected chi connectivity index (χ4v) is 2.94. The fraction of sp³-hybridized carbons (Fsp3) is 0.611. The molecule has 1 atom stereocenters. The van der Waals surface area contributed by atoms with Crippen molar-refractivity contribution in [3.63, 3.8) is 0 Å². The summed E-state index contributed by atoms with van der Waals surface area (Å²) in [4.78, 5) is 14.2. The highest BCUT2D eigenvalue weighted by atomic mass is 35.5. The van der Waals surface area contributed by atoms with Gasteiger partial charge in [0.2, 0.25) is 5.91 Å². The van der Waals surface area contributed by atoms with E-state index in [1.165, 1.54) is 5.56 Å². The van der Waals surface area contributed by atoms with Gasteiger partial charge in [-0.25, -0.2) is 0 Å². The van der Waals surface area contributed by atoms with Crippen LogP contribution in [0.3, 0.4) is 0 Å². The average molecular weight is 341 g/mol. The lowest BCUT2D eigenvalue weighted by Gasteiger charge is -2.33. The van der Waals surface area contributed by atoms with E-state index in [0.29, 0.717) is 6.10 Å². The second-order valence-corrected chi connectivity index (χ2v) is 6.09. The normalized spacial score (nSPS) is 16.7. The summed E-state index contributed by atoms with van der Waals surface area (Å²) in [5.41, 5.74) is 1.32. The molecule has 5 heteroatoms. The van der Waals surface area contributed by atoms with E-state index >= 15 is 0 Å². The summed E-state index contributed by atoms with van der Waals surface area (Å²) in [6.07, 6.45) is 3.16. The summed E-state index contributed by atoms with van der Waals surface area (Å²) >= 11 is 0. The molecule has 23 heavy (non-hydrogen) atoms. The van der Waals surface area contributed by atoms with Crippen molar-refractivity contribution in [3.05, 3.63) is 35.9 Å². The first-order chi connectivity index (χ1) is 10.7. The molecule has 4 nitrogen and oxygen atoms in total. The Labute approximate surface area is 146 Å². The first kappa shape index (κ1) is 19.9. The fourth-order valence-electron chi connectivity index (χ4n) is 2.94. The molecule has 1 N–H and O–H groups in total.